The van der Waals surface area contributed by atoms with Gasteiger partial charge in [-0.05, 0) is 37.0 Å². The van der Waals surface area contributed by atoms with E-state index in [1.165, 1.54) is 25.7 Å². The summed E-state index contributed by atoms with van der Waals surface area (Å²) in [5, 5.41) is 0. The van der Waals surface area contributed by atoms with Gasteiger partial charge in [-0.2, -0.15) is 0 Å². The largest absolute Gasteiger partial charge is 0.383 e. The van der Waals surface area contributed by atoms with Gasteiger partial charge in [0.25, 0.3) is 0 Å². The second-order valence-corrected chi connectivity index (χ2v) is 8.85. The molecule has 2 aliphatic rings. The van der Waals surface area contributed by atoms with E-state index in [1.54, 1.807) is 7.11 Å². The third kappa shape index (κ3) is 6.05. The van der Waals surface area contributed by atoms with E-state index in [0.29, 0.717) is 5.41 Å². The average Bonchev–Trinajstić information content (AvgIpc) is 3.00. The molecule has 0 amide bonds. The van der Waals surface area contributed by atoms with Crippen molar-refractivity contribution in [1.82, 2.24) is 4.90 Å². The molecule has 1 aliphatic carbocycles. The Balaban J connectivity index is 1.77. The summed E-state index contributed by atoms with van der Waals surface area (Å²) in [5.74, 6) is 0.510. The van der Waals surface area contributed by atoms with Crippen LogP contribution in [-0.2, 0) is 14.2 Å². The number of rotatable bonds is 11. The predicted molar refractivity (Wildman–Crippen MR) is 107 cm³/mol. The fraction of sp³-hybridized carbons (Fsp3) is 0.909. The summed E-state index contributed by atoms with van der Waals surface area (Å²) in [4.78, 5) is 2.37. The summed E-state index contributed by atoms with van der Waals surface area (Å²) < 4.78 is 17.8. The van der Waals surface area contributed by atoms with Gasteiger partial charge >= 0.3 is 0 Å². The van der Waals surface area contributed by atoms with Crippen LogP contribution in [0.2, 0.25) is 0 Å². The maximum absolute atomic E-state index is 6.44. The summed E-state index contributed by atoms with van der Waals surface area (Å²) in [7, 11) is 1.75. The van der Waals surface area contributed by atoms with Crippen molar-refractivity contribution >= 4 is 0 Å². The monoisotopic (exact) mass is 367 g/mol. The fourth-order valence-electron chi connectivity index (χ4n) is 4.73. The second kappa shape index (κ2) is 10.2. The van der Waals surface area contributed by atoms with E-state index < -0.39 is 0 Å². The number of nitrogens with zero attached hydrogens (tertiary/aromatic N) is 1. The lowest BCUT2D eigenvalue weighted by Gasteiger charge is -2.42. The van der Waals surface area contributed by atoms with Gasteiger partial charge in [-0.15, -0.1) is 6.58 Å². The van der Waals surface area contributed by atoms with Gasteiger partial charge in [0.05, 0.1) is 19.3 Å². The molecule has 152 valence electrons. The highest BCUT2D eigenvalue weighted by Crippen LogP contribution is 2.47. The molecule has 26 heavy (non-hydrogen) atoms. The number of methoxy groups -OCH3 is 1. The molecule has 4 heteroatoms. The van der Waals surface area contributed by atoms with Crippen molar-refractivity contribution in [3.8, 4) is 0 Å². The number of hydrogen-bond donors (Lipinski definition) is 0. The van der Waals surface area contributed by atoms with Crippen LogP contribution in [0, 0.1) is 11.3 Å². The topological polar surface area (TPSA) is 30.9 Å². The van der Waals surface area contributed by atoms with Crippen molar-refractivity contribution < 1.29 is 14.2 Å². The zero-order chi connectivity index (χ0) is 19.0. The minimum absolute atomic E-state index is 0.227. The maximum atomic E-state index is 6.44. The Morgan fingerprint density at radius 1 is 1.27 bits per heavy atom. The third-order valence-electron chi connectivity index (χ3n) is 6.43. The first kappa shape index (κ1) is 21.9. The molecule has 0 N–H and O–H groups in total. The van der Waals surface area contributed by atoms with Crippen molar-refractivity contribution in [2.75, 3.05) is 40.0 Å². The molecule has 1 unspecified atom stereocenters. The molecule has 1 aliphatic heterocycles. The highest BCUT2D eigenvalue weighted by atomic mass is 16.7. The van der Waals surface area contributed by atoms with Crippen LogP contribution in [0.4, 0.5) is 0 Å². The lowest BCUT2D eigenvalue weighted by Crippen LogP contribution is -2.39. The molecule has 0 radical (unpaired) electrons. The number of hydrogen-bond acceptors (Lipinski definition) is 4. The van der Waals surface area contributed by atoms with Crippen LogP contribution in [0.25, 0.3) is 0 Å². The average molecular weight is 368 g/mol. The highest BCUT2D eigenvalue weighted by Gasteiger charge is 2.46. The van der Waals surface area contributed by atoms with Gasteiger partial charge in [0.2, 0.25) is 0 Å². The summed E-state index contributed by atoms with van der Waals surface area (Å²) in [6, 6.07) is 0. The van der Waals surface area contributed by atoms with Crippen LogP contribution in [0.3, 0.4) is 0 Å². The van der Waals surface area contributed by atoms with E-state index in [1.807, 2.05) is 6.08 Å². The van der Waals surface area contributed by atoms with E-state index in [4.69, 9.17) is 14.2 Å². The molecule has 1 atom stereocenters. The highest BCUT2D eigenvalue weighted by molar-refractivity contribution is 4.90. The van der Waals surface area contributed by atoms with E-state index >= 15 is 0 Å². The first-order valence-electron chi connectivity index (χ1n) is 10.6. The minimum atomic E-state index is -0.292. The van der Waals surface area contributed by atoms with Crippen LogP contribution in [0.15, 0.2) is 12.7 Å². The molecular formula is C22H41NO3. The van der Waals surface area contributed by atoms with Crippen molar-refractivity contribution in [3.05, 3.63) is 12.7 Å². The Kier molecular flexibility index (Phi) is 8.59. The molecule has 1 saturated carbocycles. The van der Waals surface area contributed by atoms with Gasteiger partial charge in [0.1, 0.15) is 0 Å². The predicted octanol–water partition coefficient (Wildman–Crippen LogP) is 4.64. The van der Waals surface area contributed by atoms with E-state index in [2.05, 4.69) is 32.3 Å². The van der Waals surface area contributed by atoms with Crippen LogP contribution >= 0.6 is 0 Å². The smallest absolute Gasteiger partial charge is 0.168 e. The standard InChI is InChI=1S/C22H41NO3/c1-6-11-21(3,4)19-8-12-22(13-9-19)25-18-20(26-22)10-15-23(14-7-2)16-17-24-5/h7,19-20H,2,6,8-18H2,1,3-5H3. The Morgan fingerprint density at radius 2 is 2.00 bits per heavy atom. The zero-order valence-electron chi connectivity index (χ0n) is 17.6. The summed E-state index contributed by atoms with van der Waals surface area (Å²) in [6.45, 7) is 15.4. The van der Waals surface area contributed by atoms with E-state index in [-0.39, 0.29) is 11.9 Å². The van der Waals surface area contributed by atoms with Gasteiger partial charge in [-0.1, -0.05) is 33.3 Å². The Labute approximate surface area is 161 Å². The lowest BCUT2D eigenvalue weighted by atomic mass is 9.68. The summed E-state index contributed by atoms with van der Waals surface area (Å²) >= 11 is 0. The van der Waals surface area contributed by atoms with Crippen molar-refractivity contribution in [2.24, 2.45) is 11.3 Å². The van der Waals surface area contributed by atoms with Gasteiger partial charge in [-0.25, -0.2) is 0 Å². The molecule has 4 nitrogen and oxygen atoms in total. The molecular weight excluding hydrogens is 326 g/mol. The van der Waals surface area contributed by atoms with Gasteiger partial charge in [0, 0.05) is 39.6 Å². The zero-order valence-corrected chi connectivity index (χ0v) is 17.6. The Bertz CT molecular complexity index is 416. The summed E-state index contributed by atoms with van der Waals surface area (Å²) in [6.07, 6.45) is 10.4. The van der Waals surface area contributed by atoms with Crippen LogP contribution in [-0.4, -0.2) is 56.7 Å². The molecule has 0 aromatic carbocycles. The van der Waals surface area contributed by atoms with Crippen molar-refractivity contribution in [3.63, 3.8) is 0 Å². The second-order valence-electron chi connectivity index (χ2n) is 8.85. The molecule has 0 aromatic rings. The third-order valence-corrected chi connectivity index (χ3v) is 6.43. The summed E-state index contributed by atoms with van der Waals surface area (Å²) in [5.41, 5.74) is 0.445. The first-order chi connectivity index (χ1) is 12.4. The molecule has 2 fully saturated rings. The van der Waals surface area contributed by atoms with Crippen molar-refractivity contribution in [1.29, 1.82) is 0 Å². The van der Waals surface area contributed by atoms with Crippen molar-refractivity contribution in [2.45, 2.75) is 77.6 Å². The Morgan fingerprint density at radius 3 is 2.62 bits per heavy atom. The fourth-order valence-corrected chi connectivity index (χ4v) is 4.73. The van der Waals surface area contributed by atoms with E-state index in [0.717, 1.165) is 58.0 Å². The van der Waals surface area contributed by atoms with Crippen LogP contribution in [0.5, 0.6) is 0 Å². The van der Waals surface area contributed by atoms with Gasteiger partial charge < -0.3 is 14.2 Å². The molecule has 2 rings (SSSR count). The minimum Gasteiger partial charge on any atom is -0.383 e. The van der Waals surface area contributed by atoms with E-state index in [9.17, 15) is 0 Å². The number of ether oxygens (including phenoxy) is 3. The van der Waals surface area contributed by atoms with Gasteiger partial charge in [0.15, 0.2) is 5.79 Å². The maximum Gasteiger partial charge on any atom is 0.168 e. The first-order valence-corrected chi connectivity index (χ1v) is 10.6. The molecule has 0 aromatic heterocycles. The van der Waals surface area contributed by atoms with Crippen LogP contribution in [0.1, 0.15) is 65.7 Å². The SMILES string of the molecule is C=CCN(CCOC)CCC1COC2(CCC(C(C)(C)CCC)CC2)O1. The molecule has 0 bridgehead atoms. The quantitative estimate of drug-likeness (QED) is 0.498. The molecule has 1 heterocycles. The van der Waals surface area contributed by atoms with Crippen LogP contribution < -0.4 is 0 Å². The molecule has 1 saturated heterocycles. The Hall–Kier alpha value is -0.420. The van der Waals surface area contributed by atoms with Gasteiger partial charge in [-0.3, -0.25) is 4.90 Å². The normalized spacial score (nSPS) is 29.6. The lowest BCUT2D eigenvalue weighted by molar-refractivity contribution is -0.197. The molecule has 1 spiro atoms.